The number of nitrogens with zero attached hydrogens (tertiary/aromatic N) is 4. The van der Waals surface area contributed by atoms with Crippen LogP contribution in [0, 0.1) is 0 Å². The Labute approximate surface area is 136 Å². The van der Waals surface area contributed by atoms with Crippen LogP contribution in [0.2, 0.25) is 0 Å². The molecule has 0 bridgehead atoms. The molecule has 0 radical (unpaired) electrons. The van der Waals surface area contributed by atoms with Gasteiger partial charge in [-0.2, -0.15) is 0 Å². The molecule has 0 saturated heterocycles. The van der Waals surface area contributed by atoms with Crippen molar-refractivity contribution in [3.05, 3.63) is 40.5 Å². The number of aromatic nitrogens is 1. The van der Waals surface area contributed by atoms with E-state index in [1.165, 1.54) is 29.1 Å². The molecule has 0 aliphatic carbocycles. The van der Waals surface area contributed by atoms with Crippen molar-refractivity contribution < 1.29 is 43.5 Å². The summed E-state index contributed by atoms with van der Waals surface area (Å²) in [6, 6.07) is 2.70. The predicted octanol–water partition coefficient (Wildman–Crippen LogP) is -0.811. The lowest BCUT2D eigenvalue weighted by Gasteiger charge is -2.28. The topological polar surface area (TPSA) is 208 Å². The molecular formula is C10H17N4O8P2+. The van der Waals surface area contributed by atoms with Crippen LogP contribution in [-0.2, 0) is 22.1 Å². The van der Waals surface area contributed by atoms with Crippen LogP contribution in [0.3, 0.4) is 0 Å². The largest absolute Gasteiger partial charge is 0.386 e. The molecule has 0 saturated carbocycles. The molecule has 0 aliphatic rings. The van der Waals surface area contributed by atoms with Crippen LogP contribution in [0.25, 0.3) is 10.4 Å². The van der Waals surface area contributed by atoms with Crippen molar-refractivity contribution in [2.45, 2.75) is 24.2 Å². The first kappa shape index (κ1) is 20.7. The van der Waals surface area contributed by atoms with Crippen LogP contribution in [0.5, 0.6) is 0 Å². The molecule has 134 valence electrons. The molecule has 1 aromatic heterocycles. The second-order valence-corrected chi connectivity index (χ2v) is 9.02. The van der Waals surface area contributed by atoms with Gasteiger partial charge in [-0.15, -0.1) is 0 Å². The summed E-state index contributed by atoms with van der Waals surface area (Å²) in [7, 11) is -11.1. The molecule has 0 aliphatic heterocycles. The predicted molar refractivity (Wildman–Crippen MR) is 79.4 cm³/mol. The minimum Gasteiger partial charge on any atom is -0.386 e. The first-order valence-electron chi connectivity index (χ1n) is 6.41. The van der Waals surface area contributed by atoms with Crippen LogP contribution in [0.1, 0.15) is 5.56 Å². The average Bonchev–Trinajstić information content (AvgIpc) is 2.43. The highest BCUT2D eigenvalue weighted by Gasteiger charge is 2.59. The smallest absolute Gasteiger partial charge is 0.369 e. The monoisotopic (exact) mass is 383 g/mol. The van der Waals surface area contributed by atoms with E-state index in [0.717, 1.165) is 0 Å². The average molecular weight is 383 g/mol. The van der Waals surface area contributed by atoms with Crippen molar-refractivity contribution in [1.82, 2.24) is 0 Å². The molecule has 6 N–H and O–H groups in total. The van der Waals surface area contributed by atoms with Crippen LogP contribution in [-0.4, -0.2) is 47.5 Å². The summed E-state index contributed by atoms with van der Waals surface area (Å²) >= 11 is 0. The third-order valence-electron chi connectivity index (χ3n) is 3.07. The minimum atomic E-state index is -5.55. The van der Waals surface area contributed by atoms with E-state index in [-0.39, 0.29) is 18.7 Å². The van der Waals surface area contributed by atoms with Crippen molar-refractivity contribution >= 4 is 15.2 Å². The minimum absolute atomic E-state index is 0.0163. The third kappa shape index (κ3) is 5.09. The second kappa shape index (κ2) is 7.71. The summed E-state index contributed by atoms with van der Waals surface area (Å²) in [5, 5.41) is 19.2. The van der Waals surface area contributed by atoms with Crippen molar-refractivity contribution in [2.75, 3.05) is 6.54 Å². The normalized spacial score (nSPS) is 14.1. The number of hydrogen-bond donors (Lipinski definition) is 6. The lowest BCUT2D eigenvalue weighted by Crippen LogP contribution is -2.41. The van der Waals surface area contributed by atoms with Crippen molar-refractivity contribution in [3.8, 4) is 0 Å². The van der Waals surface area contributed by atoms with Gasteiger partial charge in [0, 0.05) is 23.0 Å². The van der Waals surface area contributed by atoms with E-state index in [1.54, 1.807) is 0 Å². The van der Waals surface area contributed by atoms with E-state index in [0.29, 0.717) is 0 Å². The van der Waals surface area contributed by atoms with E-state index in [9.17, 15) is 19.3 Å². The summed E-state index contributed by atoms with van der Waals surface area (Å²) in [4.78, 5) is 39.0. The van der Waals surface area contributed by atoms with Crippen LogP contribution in [0.4, 0.5) is 0 Å². The van der Waals surface area contributed by atoms with E-state index in [4.69, 9.17) is 25.1 Å². The maximum Gasteiger partial charge on any atom is 0.369 e. The maximum absolute atomic E-state index is 11.3. The Hall–Kier alpha value is -1.32. The second-order valence-electron chi connectivity index (χ2n) is 5.02. The SMILES string of the molecule is [N-]=[N+]=NCC(O)C[n+]1cccc(CC(O)(P(=O)(O)O)P(=O)(O)O)c1. The van der Waals surface area contributed by atoms with E-state index in [2.05, 4.69) is 10.0 Å². The molecule has 0 amide bonds. The number of aliphatic hydroxyl groups excluding tert-OH is 1. The van der Waals surface area contributed by atoms with Gasteiger partial charge in [-0.05, 0) is 11.6 Å². The van der Waals surface area contributed by atoms with Crippen LogP contribution < -0.4 is 4.57 Å². The van der Waals surface area contributed by atoms with Gasteiger partial charge in [0.15, 0.2) is 18.9 Å². The molecule has 1 heterocycles. The van der Waals surface area contributed by atoms with Gasteiger partial charge < -0.3 is 29.8 Å². The molecular weight excluding hydrogens is 366 g/mol. The van der Waals surface area contributed by atoms with Crippen LogP contribution >= 0.6 is 15.2 Å². The first-order valence-corrected chi connectivity index (χ1v) is 9.64. The highest BCUT2D eigenvalue weighted by atomic mass is 31.2. The van der Waals surface area contributed by atoms with E-state index in [1.807, 2.05) is 0 Å². The van der Waals surface area contributed by atoms with Gasteiger partial charge in [0.1, 0.15) is 6.10 Å². The first-order chi connectivity index (χ1) is 10.9. The molecule has 1 aromatic rings. The van der Waals surface area contributed by atoms with Crippen LogP contribution in [0.15, 0.2) is 29.6 Å². The lowest BCUT2D eigenvalue weighted by molar-refractivity contribution is -0.703. The van der Waals surface area contributed by atoms with Gasteiger partial charge in [0.2, 0.25) is 0 Å². The zero-order chi connectivity index (χ0) is 18.6. The number of rotatable bonds is 8. The lowest BCUT2D eigenvalue weighted by atomic mass is 10.2. The highest BCUT2D eigenvalue weighted by Crippen LogP contribution is 2.68. The zero-order valence-electron chi connectivity index (χ0n) is 12.2. The van der Waals surface area contributed by atoms with Gasteiger partial charge in [-0.25, -0.2) is 4.57 Å². The molecule has 1 unspecified atom stereocenters. The molecule has 14 heteroatoms. The number of aliphatic hydroxyl groups is 2. The molecule has 1 atom stereocenters. The van der Waals surface area contributed by atoms with E-state index >= 15 is 0 Å². The molecule has 0 fully saturated rings. The molecule has 24 heavy (non-hydrogen) atoms. The Balaban J connectivity index is 3.07. The zero-order valence-corrected chi connectivity index (χ0v) is 14.0. The maximum atomic E-state index is 11.3. The van der Waals surface area contributed by atoms with Gasteiger partial charge in [0.25, 0.3) is 5.08 Å². The van der Waals surface area contributed by atoms with Gasteiger partial charge in [0.05, 0.1) is 6.54 Å². The van der Waals surface area contributed by atoms with Gasteiger partial charge in [-0.1, -0.05) is 5.11 Å². The number of azide groups is 1. The Morgan fingerprint density at radius 3 is 2.38 bits per heavy atom. The summed E-state index contributed by atoms with van der Waals surface area (Å²) < 4.78 is 24.0. The molecule has 0 spiro atoms. The Morgan fingerprint density at radius 1 is 1.29 bits per heavy atom. The fourth-order valence-corrected chi connectivity index (χ4v) is 4.01. The summed E-state index contributed by atoms with van der Waals surface area (Å²) in [5.41, 5.74) is 8.19. The standard InChI is InChI=1S/C10H16N4O8P2/c11-13-12-5-9(15)7-14-3-1-2-8(6-14)4-10(16,23(17,18)19)24(20,21)22/h1-3,6,9,15-16H,4-5,7H2,(H3-,17,18,19,20,21,22)/p+1. The summed E-state index contributed by atoms with van der Waals surface area (Å²) in [6.07, 6.45) is 0.671. The fraction of sp³-hybridized carbons (Fsp3) is 0.500. The third-order valence-corrected chi connectivity index (χ3v) is 6.82. The summed E-state index contributed by atoms with van der Waals surface area (Å²) in [6.45, 7) is -0.250. The molecule has 1 rings (SSSR count). The molecule has 12 nitrogen and oxygen atoms in total. The Bertz CT molecular complexity index is 703. The quantitative estimate of drug-likeness (QED) is 0.110. The number of hydrogen-bond acceptors (Lipinski definition) is 5. The Morgan fingerprint density at radius 2 is 1.88 bits per heavy atom. The highest BCUT2D eigenvalue weighted by molar-refractivity contribution is 7.72. The van der Waals surface area contributed by atoms with Gasteiger partial charge in [-0.3, -0.25) is 9.13 Å². The number of pyridine rings is 1. The molecule has 0 aromatic carbocycles. The van der Waals surface area contributed by atoms with Crippen molar-refractivity contribution in [2.24, 2.45) is 5.11 Å². The fourth-order valence-electron chi connectivity index (χ4n) is 1.88. The van der Waals surface area contributed by atoms with E-state index < -0.39 is 32.8 Å². The van der Waals surface area contributed by atoms with Crippen molar-refractivity contribution in [3.63, 3.8) is 0 Å². The van der Waals surface area contributed by atoms with Gasteiger partial charge >= 0.3 is 15.2 Å². The Kier molecular flexibility index (Phi) is 6.66. The van der Waals surface area contributed by atoms with Crippen molar-refractivity contribution in [1.29, 1.82) is 0 Å². The summed E-state index contributed by atoms with van der Waals surface area (Å²) in [5.74, 6) is 0.